The largest absolute Gasteiger partial charge is 0.351 e. The van der Waals surface area contributed by atoms with Crippen LogP contribution in [0.15, 0.2) is 48.5 Å². The van der Waals surface area contributed by atoms with E-state index in [0.717, 1.165) is 12.0 Å². The number of rotatable bonds is 5. The van der Waals surface area contributed by atoms with E-state index in [1.165, 1.54) is 16.7 Å². The standard InChI is InChI=1S/C20H26N2O/c1-14-10-11-17(15(2)12-14)13-16(3)22-19(23)20(4,21)18-8-6-5-7-9-18/h5-12,16H,13,21H2,1-4H3,(H,22,23). The third-order valence-electron chi connectivity index (χ3n) is 4.25. The number of nitrogens with two attached hydrogens (primary N) is 1. The lowest BCUT2D eigenvalue weighted by molar-refractivity contribution is -0.126. The normalized spacial score (nSPS) is 14.8. The smallest absolute Gasteiger partial charge is 0.244 e. The van der Waals surface area contributed by atoms with Crippen molar-refractivity contribution in [1.82, 2.24) is 5.32 Å². The lowest BCUT2D eigenvalue weighted by Gasteiger charge is -2.26. The van der Waals surface area contributed by atoms with E-state index in [9.17, 15) is 4.79 Å². The molecular weight excluding hydrogens is 284 g/mol. The van der Waals surface area contributed by atoms with Gasteiger partial charge in [-0.25, -0.2) is 0 Å². The molecule has 0 saturated carbocycles. The Morgan fingerprint density at radius 3 is 2.43 bits per heavy atom. The Labute approximate surface area is 138 Å². The van der Waals surface area contributed by atoms with E-state index < -0.39 is 5.54 Å². The summed E-state index contributed by atoms with van der Waals surface area (Å²) in [4.78, 5) is 12.6. The van der Waals surface area contributed by atoms with Crippen LogP contribution in [0.4, 0.5) is 0 Å². The van der Waals surface area contributed by atoms with Gasteiger partial charge in [0.25, 0.3) is 0 Å². The van der Waals surface area contributed by atoms with Gasteiger partial charge in [-0.2, -0.15) is 0 Å². The van der Waals surface area contributed by atoms with E-state index >= 15 is 0 Å². The van der Waals surface area contributed by atoms with Crippen LogP contribution in [0.2, 0.25) is 0 Å². The van der Waals surface area contributed by atoms with Crippen molar-refractivity contribution in [1.29, 1.82) is 0 Å². The molecule has 0 bridgehead atoms. The minimum absolute atomic E-state index is 0.0236. The van der Waals surface area contributed by atoms with Gasteiger partial charge in [-0.3, -0.25) is 4.79 Å². The molecule has 0 radical (unpaired) electrons. The van der Waals surface area contributed by atoms with Crippen molar-refractivity contribution < 1.29 is 4.79 Å². The summed E-state index contributed by atoms with van der Waals surface area (Å²) in [6.45, 7) is 7.95. The highest BCUT2D eigenvalue weighted by Crippen LogP contribution is 2.18. The van der Waals surface area contributed by atoms with E-state index in [0.29, 0.717) is 0 Å². The highest BCUT2D eigenvalue weighted by Gasteiger charge is 2.31. The lowest BCUT2D eigenvalue weighted by atomic mass is 9.91. The molecule has 0 aliphatic rings. The Morgan fingerprint density at radius 2 is 1.83 bits per heavy atom. The first-order valence-electron chi connectivity index (χ1n) is 8.02. The van der Waals surface area contributed by atoms with Crippen LogP contribution in [0.1, 0.15) is 36.1 Å². The van der Waals surface area contributed by atoms with Gasteiger partial charge in [-0.1, -0.05) is 54.1 Å². The summed E-state index contributed by atoms with van der Waals surface area (Å²) in [5.74, 6) is -0.152. The fourth-order valence-corrected chi connectivity index (χ4v) is 2.74. The molecular formula is C20H26N2O. The molecule has 3 nitrogen and oxygen atoms in total. The summed E-state index contributed by atoms with van der Waals surface area (Å²) in [6.07, 6.45) is 0.794. The van der Waals surface area contributed by atoms with E-state index in [-0.39, 0.29) is 11.9 Å². The number of nitrogens with one attached hydrogen (secondary N) is 1. The fourth-order valence-electron chi connectivity index (χ4n) is 2.74. The number of hydrogen-bond acceptors (Lipinski definition) is 2. The lowest BCUT2D eigenvalue weighted by Crippen LogP contribution is -2.51. The molecule has 0 heterocycles. The molecule has 3 heteroatoms. The minimum Gasteiger partial charge on any atom is -0.351 e. The van der Waals surface area contributed by atoms with Crippen LogP contribution in [0.5, 0.6) is 0 Å². The summed E-state index contributed by atoms with van der Waals surface area (Å²) >= 11 is 0. The van der Waals surface area contributed by atoms with Crippen molar-refractivity contribution in [2.75, 3.05) is 0 Å². The highest BCUT2D eigenvalue weighted by atomic mass is 16.2. The first-order valence-corrected chi connectivity index (χ1v) is 8.02. The van der Waals surface area contributed by atoms with Crippen LogP contribution in [0, 0.1) is 13.8 Å². The van der Waals surface area contributed by atoms with Gasteiger partial charge < -0.3 is 11.1 Å². The molecule has 2 unspecified atom stereocenters. The highest BCUT2D eigenvalue weighted by molar-refractivity contribution is 5.87. The molecule has 0 saturated heterocycles. The molecule has 2 atom stereocenters. The van der Waals surface area contributed by atoms with Gasteiger partial charge in [0.2, 0.25) is 5.91 Å². The minimum atomic E-state index is -1.03. The van der Waals surface area contributed by atoms with E-state index in [1.54, 1.807) is 6.92 Å². The van der Waals surface area contributed by atoms with Crippen LogP contribution >= 0.6 is 0 Å². The predicted molar refractivity (Wildman–Crippen MR) is 95.2 cm³/mol. The van der Waals surface area contributed by atoms with Gasteiger partial charge in [0, 0.05) is 6.04 Å². The Balaban J connectivity index is 2.04. The third-order valence-corrected chi connectivity index (χ3v) is 4.25. The maximum Gasteiger partial charge on any atom is 0.244 e. The first kappa shape index (κ1) is 17.2. The summed E-state index contributed by atoms with van der Waals surface area (Å²) < 4.78 is 0. The average molecular weight is 310 g/mol. The van der Waals surface area contributed by atoms with Crippen molar-refractivity contribution >= 4 is 5.91 Å². The molecule has 1 amide bonds. The van der Waals surface area contributed by atoms with Gasteiger partial charge in [0.15, 0.2) is 0 Å². The zero-order valence-electron chi connectivity index (χ0n) is 14.4. The quantitative estimate of drug-likeness (QED) is 0.891. The Hall–Kier alpha value is -2.13. The maximum absolute atomic E-state index is 12.6. The maximum atomic E-state index is 12.6. The molecule has 2 aromatic carbocycles. The average Bonchev–Trinajstić information content (AvgIpc) is 2.51. The van der Waals surface area contributed by atoms with Gasteiger partial charge in [-0.15, -0.1) is 0 Å². The topological polar surface area (TPSA) is 55.1 Å². The van der Waals surface area contributed by atoms with Crippen molar-refractivity contribution in [3.8, 4) is 0 Å². The third kappa shape index (κ3) is 4.20. The van der Waals surface area contributed by atoms with E-state index in [1.807, 2.05) is 37.3 Å². The monoisotopic (exact) mass is 310 g/mol. The van der Waals surface area contributed by atoms with Crippen LogP contribution in [0.25, 0.3) is 0 Å². The Morgan fingerprint density at radius 1 is 1.17 bits per heavy atom. The predicted octanol–water partition coefficient (Wildman–Crippen LogP) is 3.22. The van der Waals surface area contributed by atoms with Crippen LogP contribution < -0.4 is 11.1 Å². The Bertz CT molecular complexity index is 677. The van der Waals surface area contributed by atoms with Crippen LogP contribution in [-0.4, -0.2) is 11.9 Å². The van der Waals surface area contributed by atoms with E-state index in [2.05, 4.69) is 37.4 Å². The molecule has 122 valence electrons. The Kier molecular flexibility index (Phi) is 5.22. The fraction of sp³-hybridized carbons (Fsp3) is 0.350. The number of carbonyl (C=O) groups is 1. The number of amides is 1. The molecule has 0 fully saturated rings. The zero-order valence-corrected chi connectivity index (χ0v) is 14.4. The second-order valence-corrected chi connectivity index (χ2v) is 6.58. The molecule has 2 rings (SSSR count). The summed E-state index contributed by atoms with van der Waals surface area (Å²) in [7, 11) is 0. The van der Waals surface area contributed by atoms with Crippen molar-refractivity contribution in [3.63, 3.8) is 0 Å². The van der Waals surface area contributed by atoms with Crippen LogP contribution in [-0.2, 0) is 16.8 Å². The second-order valence-electron chi connectivity index (χ2n) is 6.58. The molecule has 3 N–H and O–H groups in total. The molecule has 0 aliphatic carbocycles. The van der Waals surface area contributed by atoms with Crippen molar-refractivity contribution in [3.05, 3.63) is 70.8 Å². The SMILES string of the molecule is Cc1ccc(CC(C)NC(=O)C(C)(N)c2ccccc2)c(C)c1. The molecule has 2 aromatic rings. The van der Waals surface area contributed by atoms with Gasteiger partial charge in [0.05, 0.1) is 0 Å². The van der Waals surface area contributed by atoms with Crippen molar-refractivity contribution in [2.45, 2.75) is 45.7 Å². The number of aryl methyl sites for hydroxylation is 2. The van der Waals surface area contributed by atoms with E-state index in [4.69, 9.17) is 5.73 Å². The molecule has 0 aliphatic heterocycles. The van der Waals surface area contributed by atoms with Gasteiger partial charge >= 0.3 is 0 Å². The summed E-state index contributed by atoms with van der Waals surface area (Å²) in [6, 6.07) is 15.9. The molecule has 0 spiro atoms. The number of carbonyl (C=O) groups excluding carboxylic acids is 1. The molecule has 23 heavy (non-hydrogen) atoms. The molecule has 0 aromatic heterocycles. The second kappa shape index (κ2) is 6.97. The summed E-state index contributed by atoms with van der Waals surface area (Å²) in [5, 5.41) is 3.05. The number of hydrogen-bond donors (Lipinski definition) is 2. The zero-order chi connectivity index (χ0) is 17.0. The van der Waals surface area contributed by atoms with Gasteiger partial charge in [-0.05, 0) is 50.8 Å². The van der Waals surface area contributed by atoms with Gasteiger partial charge in [0.1, 0.15) is 5.54 Å². The summed E-state index contributed by atoms with van der Waals surface area (Å²) in [5.41, 5.74) is 9.80. The number of benzene rings is 2. The van der Waals surface area contributed by atoms with Crippen LogP contribution in [0.3, 0.4) is 0 Å². The first-order chi connectivity index (χ1) is 10.8. The van der Waals surface area contributed by atoms with Crippen molar-refractivity contribution in [2.24, 2.45) is 5.73 Å².